The standard InChI is InChI=1S/C31H38FN3O5S/c1-23(2)33-31(37)29(21-24-9-6-5-7-10-24)34(22-25-12-14-26(32)15-13-25)30(36)11-8-20-35(41(4,38)39)27-16-18-28(40-3)19-17-27/h5-7,9-10,12-19,23,29H,8,11,20-22H2,1-4H3,(H,33,37). The summed E-state index contributed by atoms with van der Waals surface area (Å²) in [5.74, 6) is -0.407. The number of carbonyl (C=O) groups is 2. The number of benzene rings is 3. The molecule has 3 aromatic carbocycles. The monoisotopic (exact) mass is 583 g/mol. The number of carbonyl (C=O) groups excluding carboxylic acids is 2. The first-order valence-corrected chi connectivity index (χ1v) is 15.3. The average molecular weight is 584 g/mol. The van der Waals surface area contributed by atoms with E-state index in [4.69, 9.17) is 4.74 Å². The number of rotatable bonds is 14. The Balaban J connectivity index is 1.86. The largest absolute Gasteiger partial charge is 0.497 e. The molecule has 10 heteroatoms. The van der Waals surface area contributed by atoms with E-state index in [-0.39, 0.29) is 50.2 Å². The van der Waals surface area contributed by atoms with Crippen molar-refractivity contribution < 1.29 is 27.1 Å². The first-order chi connectivity index (χ1) is 19.5. The molecule has 0 saturated carbocycles. The van der Waals surface area contributed by atoms with Crippen LogP contribution in [0, 0.1) is 5.82 Å². The van der Waals surface area contributed by atoms with E-state index in [1.54, 1.807) is 36.4 Å². The number of nitrogens with zero attached hydrogens (tertiary/aromatic N) is 2. The molecule has 0 aliphatic heterocycles. The number of hydrogen-bond acceptors (Lipinski definition) is 5. The molecule has 0 fully saturated rings. The molecule has 41 heavy (non-hydrogen) atoms. The lowest BCUT2D eigenvalue weighted by molar-refractivity contribution is -0.141. The molecule has 0 bridgehead atoms. The first kappa shape index (κ1) is 31.6. The van der Waals surface area contributed by atoms with E-state index >= 15 is 0 Å². The highest BCUT2D eigenvalue weighted by Crippen LogP contribution is 2.23. The summed E-state index contributed by atoms with van der Waals surface area (Å²) in [5.41, 5.74) is 2.02. The van der Waals surface area contributed by atoms with Gasteiger partial charge in [0.15, 0.2) is 0 Å². The Kier molecular flexibility index (Phi) is 11.3. The van der Waals surface area contributed by atoms with Crippen molar-refractivity contribution in [2.45, 2.75) is 51.7 Å². The van der Waals surface area contributed by atoms with Gasteiger partial charge < -0.3 is 15.0 Å². The van der Waals surface area contributed by atoms with Gasteiger partial charge in [-0.2, -0.15) is 0 Å². The van der Waals surface area contributed by atoms with Crippen LogP contribution in [0.15, 0.2) is 78.9 Å². The first-order valence-electron chi connectivity index (χ1n) is 13.5. The highest BCUT2D eigenvalue weighted by atomic mass is 32.2. The molecule has 0 aromatic heterocycles. The van der Waals surface area contributed by atoms with Gasteiger partial charge in [0.2, 0.25) is 21.8 Å². The Morgan fingerprint density at radius 1 is 0.927 bits per heavy atom. The lowest BCUT2D eigenvalue weighted by Gasteiger charge is -2.32. The molecule has 1 unspecified atom stereocenters. The van der Waals surface area contributed by atoms with Crippen LogP contribution in [0.25, 0.3) is 0 Å². The molecule has 0 heterocycles. The van der Waals surface area contributed by atoms with Gasteiger partial charge >= 0.3 is 0 Å². The second-order valence-corrected chi connectivity index (χ2v) is 12.1. The Morgan fingerprint density at radius 2 is 1.56 bits per heavy atom. The SMILES string of the molecule is COc1ccc(N(CCCC(=O)N(Cc2ccc(F)cc2)C(Cc2ccccc2)C(=O)NC(C)C)S(C)(=O)=O)cc1. The lowest BCUT2D eigenvalue weighted by Crippen LogP contribution is -2.51. The summed E-state index contributed by atoms with van der Waals surface area (Å²) in [7, 11) is -2.10. The maximum Gasteiger partial charge on any atom is 0.243 e. The molecule has 3 aromatic rings. The second-order valence-electron chi connectivity index (χ2n) is 10.2. The molecule has 0 radical (unpaired) electrons. The van der Waals surface area contributed by atoms with E-state index in [0.29, 0.717) is 17.0 Å². The minimum absolute atomic E-state index is 0.00359. The van der Waals surface area contributed by atoms with Crippen molar-refractivity contribution in [3.05, 3.63) is 95.8 Å². The van der Waals surface area contributed by atoms with E-state index in [1.165, 1.54) is 28.4 Å². The number of sulfonamides is 1. The van der Waals surface area contributed by atoms with Crippen molar-refractivity contribution in [2.24, 2.45) is 0 Å². The van der Waals surface area contributed by atoms with E-state index in [2.05, 4.69) is 5.32 Å². The minimum atomic E-state index is -3.62. The van der Waals surface area contributed by atoms with Crippen molar-refractivity contribution in [3.8, 4) is 5.75 Å². The summed E-state index contributed by atoms with van der Waals surface area (Å²) < 4.78 is 45.2. The molecule has 2 amide bonds. The summed E-state index contributed by atoms with van der Waals surface area (Å²) in [6.07, 6.45) is 1.63. The van der Waals surface area contributed by atoms with Crippen LogP contribution in [-0.2, 0) is 32.6 Å². The summed E-state index contributed by atoms with van der Waals surface area (Å²) in [5, 5.41) is 2.93. The molecule has 0 aliphatic rings. The van der Waals surface area contributed by atoms with Crippen molar-refractivity contribution in [1.29, 1.82) is 0 Å². The number of ether oxygens (including phenoxy) is 1. The fourth-order valence-electron chi connectivity index (χ4n) is 4.47. The Labute approximate surface area is 242 Å². The van der Waals surface area contributed by atoms with Crippen LogP contribution in [0.1, 0.15) is 37.8 Å². The van der Waals surface area contributed by atoms with Crippen molar-refractivity contribution in [3.63, 3.8) is 0 Å². The molecule has 1 atom stereocenters. The second kappa shape index (κ2) is 14.6. The summed E-state index contributed by atoms with van der Waals surface area (Å²) in [6.45, 7) is 3.87. The van der Waals surface area contributed by atoms with Gasteiger partial charge in [-0.25, -0.2) is 12.8 Å². The van der Waals surface area contributed by atoms with Gasteiger partial charge in [-0.15, -0.1) is 0 Å². The topological polar surface area (TPSA) is 96.0 Å². The van der Waals surface area contributed by atoms with E-state index in [0.717, 1.165) is 11.8 Å². The maximum atomic E-state index is 13.8. The molecule has 0 spiro atoms. The maximum absolute atomic E-state index is 13.8. The molecule has 1 N–H and O–H groups in total. The van der Waals surface area contributed by atoms with Crippen LogP contribution in [-0.4, -0.2) is 57.1 Å². The Hall–Kier alpha value is -3.92. The molecular formula is C31H38FN3O5S. The van der Waals surface area contributed by atoms with Gasteiger partial charge in [0, 0.05) is 32.0 Å². The average Bonchev–Trinajstić information content (AvgIpc) is 2.93. The van der Waals surface area contributed by atoms with Gasteiger partial charge in [0.05, 0.1) is 19.1 Å². The molecule has 3 rings (SSSR count). The smallest absolute Gasteiger partial charge is 0.243 e. The third-order valence-electron chi connectivity index (χ3n) is 6.48. The van der Waals surface area contributed by atoms with Crippen molar-refractivity contribution in [1.82, 2.24) is 10.2 Å². The van der Waals surface area contributed by atoms with Crippen molar-refractivity contribution >= 4 is 27.5 Å². The van der Waals surface area contributed by atoms with Crippen LogP contribution in [0.5, 0.6) is 5.75 Å². The quantitative estimate of drug-likeness (QED) is 0.301. The molecule has 0 aliphatic carbocycles. The van der Waals surface area contributed by atoms with Crippen LogP contribution in [0.2, 0.25) is 0 Å². The number of anilines is 1. The zero-order chi connectivity index (χ0) is 30.0. The highest BCUT2D eigenvalue weighted by molar-refractivity contribution is 7.92. The van der Waals surface area contributed by atoms with Gasteiger partial charge in [0.25, 0.3) is 0 Å². The van der Waals surface area contributed by atoms with Gasteiger partial charge in [-0.05, 0) is 67.8 Å². The number of nitrogens with one attached hydrogen (secondary N) is 1. The number of halogens is 1. The van der Waals surface area contributed by atoms with Crippen LogP contribution in [0.3, 0.4) is 0 Å². The van der Waals surface area contributed by atoms with Crippen LogP contribution >= 0.6 is 0 Å². The zero-order valence-corrected chi connectivity index (χ0v) is 24.7. The molecular weight excluding hydrogens is 545 g/mol. The summed E-state index contributed by atoms with van der Waals surface area (Å²) in [4.78, 5) is 28.7. The third kappa shape index (κ3) is 9.60. The zero-order valence-electron chi connectivity index (χ0n) is 23.9. The fraction of sp³-hybridized carbons (Fsp3) is 0.355. The number of methoxy groups -OCH3 is 1. The predicted molar refractivity (Wildman–Crippen MR) is 159 cm³/mol. The Bertz CT molecular complexity index is 1380. The van der Waals surface area contributed by atoms with E-state index < -0.39 is 21.9 Å². The third-order valence-corrected chi connectivity index (χ3v) is 7.67. The van der Waals surface area contributed by atoms with E-state index in [9.17, 15) is 22.4 Å². The number of hydrogen-bond donors (Lipinski definition) is 1. The molecule has 0 saturated heterocycles. The Morgan fingerprint density at radius 3 is 2.12 bits per heavy atom. The minimum Gasteiger partial charge on any atom is -0.497 e. The van der Waals surface area contributed by atoms with Gasteiger partial charge in [0.1, 0.15) is 17.6 Å². The predicted octanol–water partition coefficient (Wildman–Crippen LogP) is 4.55. The number of amides is 2. The molecule has 220 valence electrons. The van der Waals surface area contributed by atoms with Crippen LogP contribution in [0.4, 0.5) is 10.1 Å². The van der Waals surface area contributed by atoms with E-state index in [1.807, 2.05) is 44.2 Å². The van der Waals surface area contributed by atoms with Crippen LogP contribution < -0.4 is 14.4 Å². The highest BCUT2D eigenvalue weighted by Gasteiger charge is 2.31. The summed E-state index contributed by atoms with van der Waals surface area (Å²) >= 11 is 0. The van der Waals surface area contributed by atoms with Crippen molar-refractivity contribution in [2.75, 3.05) is 24.2 Å². The van der Waals surface area contributed by atoms with Gasteiger partial charge in [-0.3, -0.25) is 13.9 Å². The van der Waals surface area contributed by atoms with Gasteiger partial charge in [-0.1, -0.05) is 42.5 Å². The fourth-order valence-corrected chi connectivity index (χ4v) is 5.44. The normalized spacial score (nSPS) is 12.0. The summed E-state index contributed by atoms with van der Waals surface area (Å²) in [6, 6.07) is 20.9. The molecule has 8 nitrogen and oxygen atoms in total. The lowest BCUT2D eigenvalue weighted by atomic mass is 10.0.